The van der Waals surface area contributed by atoms with Crippen molar-refractivity contribution in [3.05, 3.63) is 42.0 Å². The van der Waals surface area contributed by atoms with E-state index in [0.29, 0.717) is 10.9 Å². The summed E-state index contributed by atoms with van der Waals surface area (Å²) < 4.78 is 0. The molecule has 0 saturated carbocycles. The molecule has 0 aliphatic carbocycles. The van der Waals surface area contributed by atoms with Crippen molar-refractivity contribution in [3.63, 3.8) is 0 Å². The van der Waals surface area contributed by atoms with Crippen molar-refractivity contribution in [2.45, 2.75) is 20.3 Å². The molecule has 0 radical (unpaired) electrons. The van der Waals surface area contributed by atoms with E-state index >= 15 is 0 Å². The zero-order valence-corrected chi connectivity index (χ0v) is 13.2. The maximum Gasteiger partial charge on any atom is 0.104 e. The Morgan fingerprint density at radius 3 is 2.45 bits per heavy atom. The maximum absolute atomic E-state index is 5.83. The quantitative estimate of drug-likeness (QED) is 0.844. The largest absolute Gasteiger partial charge is 0.389 e. The molecule has 2 N–H and O–H groups in total. The third-order valence-electron chi connectivity index (χ3n) is 3.86. The van der Waals surface area contributed by atoms with Crippen LogP contribution in [0.25, 0.3) is 10.8 Å². The van der Waals surface area contributed by atoms with E-state index in [2.05, 4.69) is 50.1 Å². The van der Waals surface area contributed by atoms with E-state index in [0.717, 1.165) is 17.5 Å². The monoisotopic (exact) mass is 286 g/mol. The molecular weight excluding hydrogens is 264 g/mol. The first-order valence-electron chi connectivity index (χ1n) is 7.07. The van der Waals surface area contributed by atoms with Gasteiger partial charge in [0.15, 0.2) is 0 Å². The number of nitrogens with zero attached hydrogens (tertiary/aromatic N) is 1. The molecule has 0 aliphatic heterocycles. The Kier molecular flexibility index (Phi) is 4.61. The van der Waals surface area contributed by atoms with Gasteiger partial charge < -0.3 is 10.6 Å². The Morgan fingerprint density at radius 1 is 1.20 bits per heavy atom. The summed E-state index contributed by atoms with van der Waals surface area (Å²) in [5, 5.41) is 2.34. The van der Waals surface area contributed by atoms with Crippen LogP contribution in [0.3, 0.4) is 0 Å². The van der Waals surface area contributed by atoms with Crippen molar-refractivity contribution in [2.24, 2.45) is 11.7 Å². The van der Waals surface area contributed by atoms with Crippen molar-refractivity contribution in [1.82, 2.24) is 0 Å². The molecule has 2 aromatic carbocycles. The zero-order chi connectivity index (χ0) is 14.7. The van der Waals surface area contributed by atoms with E-state index in [1.807, 2.05) is 12.1 Å². The van der Waals surface area contributed by atoms with E-state index in [4.69, 9.17) is 18.0 Å². The summed E-state index contributed by atoms with van der Waals surface area (Å²) in [6, 6.07) is 12.5. The third-order valence-corrected chi connectivity index (χ3v) is 4.08. The Balaban J connectivity index is 2.50. The molecule has 3 heteroatoms. The predicted molar refractivity (Wildman–Crippen MR) is 92.6 cm³/mol. The number of rotatable bonds is 5. The number of thiocarbonyl (C=S) groups is 1. The zero-order valence-electron chi connectivity index (χ0n) is 12.4. The van der Waals surface area contributed by atoms with Crippen molar-refractivity contribution < 1.29 is 0 Å². The lowest BCUT2D eigenvalue weighted by Gasteiger charge is -2.25. The summed E-state index contributed by atoms with van der Waals surface area (Å²) in [4.78, 5) is 2.78. The van der Waals surface area contributed by atoms with Crippen LogP contribution in [0.2, 0.25) is 0 Å². The molecule has 0 aromatic heterocycles. The summed E-state index contributed by atoms with van der Waals surface area (Å²) in [7, 11) is 2.15. The molecule has 0 fully saturated rings. The van der Waals surface area contributed by atoms with Crippen molar-refractivity contribution >= 4 is 33.7 Å². The van der Waals surface area contributed by atoms with Crippen molar-refractivity contribution in [1.29, 1.82) is 0 Å². The number of anilines is 1. The van der Waals surface area contributed by atoms with Crippen LogP contribution in [0.15, 0.2) is 36.4 Å². The van der Waals surface area contributed by atoms with Gasteiger partial charge in [-0.25, -0.2) is 0 Å². The fourth-order valence-electron chi connectivity index (χ4n) is 2.53. The van der Waals surface area contributed by atoms with Gasteiger partial charge in [-0.2, -0.15) is 0 Å². The molecule has 1 unspecified atom stereocenters. The number of fused-ring (bicyclic) bond motifs is 1. The lowest BCUT2D eigenvalue weighted by atomic mass is 10.0. The average Bonchev–Trinajstić information content (AvgIpc) is 2.45. The predicted octanol–water partition coefficient (Wildman–Crippen LogP) is 3.96. The van der Waals surface area contributed by atoms with Gasteiger partial charge in [0.2, 0.25) is 0 Å². The second-order valence-electron chi connectivity index (χ2n) is 5.44. The minimum atomic E-state index is 0.456. The Hall–Kier alpha value is -1.61. The summed E-state index contributed by atoms with van der Waals surface area (Å²) in [5.41, 5.74) is 8.02. The minimum Gasteiger partial charge on any atom is -0.389 e. The van der Waals surface area contributed by atoms with Crippen LogP contribution in [0.1, 0.15) is 25.8 Å². The van der Waals surface area contributed by atoms with Crippen LogP contribution in [0, 0.1) is 5.92 Å². The molecule has 1 atom stereocenters. The van der Waals surface area contributed by atoms with Gasteiger partial charge in [-0.15, -0.1) is 0 Å². The molecule has 2 rings (SSSR count). The fourth-order valence-corrected chi connectivity index (χ4v) is 2.70. The average molecular weight is 286 g/mol. The molecule has 0 bridgehead atoms. The smallest absolute Gasteiger partial charge is 0.104 e. The summed E-state index contributed by atoms with van der Waals surface area (Å²) in [6.45, 7) is 5.56. The van der Waals surface area contributed by atoms with Crippen LogP contribution in [-0.2, 0) is 0 Å². The maximum atomic E-state index is 5.83. The lowest BCUT2D eigenvalue weighted by Crippen LogP contribution is -2.24. The molecule has 0 heterocycles. The molecule has 2 aromatic rings. The van der Waals surface area contributed by atoms with Crippen molar-refractivity contribution in [3.8, 4) is 0 Å². The Labute approximate surface area is 126 Å². The molecular formula is C17H22N2S. The van der Waals surface area contributed by atoms with E-state index in [9.17, 15) is 0 Å². The summed E-state index contributed by atoms with van der Waals surface area (Å²) in [5.74, 6) is 0.675. The van der Waals surface area contributed by atoms with E-state index in [-0.39, 0.29) is 0 Å². The summed E-state index contributed by atoms with van der Waals surface area (Å²) >= 11 is 5.15. The number of benzene rings is 2. The molecule has 0 saturated heterocycles. The highest BCUT2D eigenvalue weighted by atomic mass is 32.1. The van der Waals surface area contributed by atoms with Gasteiger partial charge in [0.05, 0.1) is 0 Å². The van der Waals surface area contributed by atoms with Crippen molar-refractivity contribution in [2.75, 3.05) is 18.5 Å². The van der Waals surface area contributed by atoms with Crippen LogP contribution in [-0.4, -0.2) is 18.6 Å². The van der Waals surface area contributed by atoms with E-state index < -0.39 is 0 Å². The molecule has 0 amide bonds. The first-order chi connectivity index (χ1) is 9.54. The molecule has 2 nitrogen and oxygen atoms in total. The molecule has 0 aliphatic rings. The van der Waals surface area contributed by atoms with Gasteiger partial charge in [0.25, 0.3) is 0 Å². The van der Waals surface area contributed by atoms with Crippen LogP contribution in [0.4, 0.5) is 5.69 Å². The highest BCUT2D eigenvalue weighted by Gasteiger charge is 2.12. The second-order valence-corrected chi connectivity index (χ2v) is 5.88. The highest BCUT2D eigenvalue weighted by molar-refractivity contribution is 7.80. The lowest BCUT2D eigenvalue weighted by molar-refractivity contribution is 0.560. The number of hydrogen-bond donors (Lipinski definition) is 1. The Bertz CT molecular complexity index is 621. The van der Waals surface area contributed by atoms with Gasteiger partial charge in [-0.05, 0) is 23.4 Å². The molecule has 20 heavy (non-hydrogen) atoms. The highest BCUT2D eigenvalue weighted by Crippen LogP contribution is 2.29. The fraction of sp³-hybridized carbons (Fsp3) is 0.353. The van der Waals surface area contributed by atoms with Gasteiger partial charge in [0.1, 0.15) is 4.99 Å². The normalized spacial score (nSPS) is 12.3. The van der Waals surface area contributed by atoms with Crippen LogP contribution < -0.4 is 10.6 Å². The second kappa shape index (κ2) is 6.23. The first kappa shape index (κ1) is 14.8. The topological polar surface area (TPSA) is 29.3 Å². The van der Waals surface area contributed by atoms with Gasteiger partial charge in [-0.3, -0.25) is 0 Å². The SMILES string of the molecule is CCC(C)CN(C)c1ccc(C(N)=S)c2ccccc12. The standard InChI is InChI=1S/C17H22N2S/c1-4-12(2)11-19(3)16-10-9-15(17(18)20)13-7-5-6-8-14(13)16/h5-10,12H,4,11H2,1-3H3,(H2,18,20). The van der Waals surface area contributed by atoms with Gasteiger partial charge >= 0.3 is 0 Å². The van der Waals surface area contributed by atoms with Gasteiger partial charge in [-0.1, -0.05) is 56.8 Å². The third kappa shape index (κ3) is 2.93. The first-order valence-corrected chi connectivity index (χ1v) is 7.48. The Morgan fingerprint density at radius 2 is 1.85 bits per heavy atom. The minimum absolute atomic E-state index is 0.456. The summed E-state index contributed by atoms with van der Waals surface area (Å²) in [6.07, 6.45) is 1.19. The van der Waals surface area contributed by atoms with E-state index in [1.54, 1.807) is 0 Å². The molecule has 0 spiro atoms. The number of hydrogen-bond acceptors (Lipinski definition) is 2. The van der Waals surface area contributed by atoms with Crippen LogP contribution >= 0.6 is 12.2 Å². The van der Waals surface area contributed by atoms with Gasteiger partial charge in [0, 0.05) is 30.2 Å². The molecule has 106 valence electrons. The number of nitrogens with two attached hydrogens (primary N) is 1. The van der Waals surface area contributed by atoms with Crippen LogP contribution in [0.5, 0.6) is 0 Å². The van der Waals surface area contributed by atoms with E-state index in [1.165, 1.54) is 17.5 Å².